The van der Waals surface area contributed by atoms with E-state index in [1.54, 1.807) is 17.5 Å². The maximum Gasteiger partial charge on any atom is 0.213 e. The van der Waals surface area contributed by atoms with Crippen molar-refractivity contribution < 1.29 is 9.84 Å². The number of hydrogen-bond donors (Lipinski definition) is 4. The number of amidine groups is 1. The first-order valence-corrected chi connectivity index (χ1v) is 10.8. The molecular weight excluding hydrogens is 408 g/mol. The van der Waals surface area contributed by atoms with Crippen LogP contribution in [-0.4, -0.2) is 33.5 Å². The Morgan fingerprint density at radius 1 is 1.41 bits per heavy atom. The van der Waals surface area contributed by atoms with Crippen LogP contribution in [-0.2, 0) is 12.2 Å². The van der Waals surface area contributed by atoms with Gasteiger partial charge in [0.1, 0.15) is 17.4 Å². The molecule has 0 bridgehead atoms. The van der Waals surface area contributed by atoms with Crippen molar-refractivity contribution in [1.82, 2.24) is 9.97 Å². The Kier molecular flexibility index (Phi) is 8.97. The highest BCUT2D eigenvalue weighted by atomic mass is 32.2. The fourth-order valence-electron chi connectivity index (χ4n) is 2.34. The van der Waals surface area contributed by atoms with Crippen LogP contribution in [0.3, 0.4) is 0 Å². The molecule has 156 valence electrons. The SMILES string of the molecule is C=C(N)/C=C(/N)N=C(N)SCc1nc(-c2ccnc(OCCO)c2)sc1CCC. The Morgan fingerprint density at radius 2 is 2.21 bits per heavy atom. The topological polar surface area (TPSA) is 146 Å². The average Bonchev–Trinajstić information content (AvgIpc) is 3.07. The number of ether oxygens (including phenoxy) is 1. The van der Waals surface area contributed by atoms with Gasteiger partial charge in [-0.2, -0.15) is 0 Å². The number of pyridine rings is 1. The summed E-state index contributed by atoms with van der Waals surface area (Å²) in [5.41, 5.74) is 19.4. The second kappa shape index (κ2) is 11.4. The lowest BCUT2D eigenvalue weighted by molar-refractivity contribution is 0.197. The molecule has 2 heterocycles. The van der Waals surface area contributed by atoms with E-state index in [-0.39, 0.29) is 19.0 Å². The van der Waals surface area contributed by atoms with Crippen LogP contribution in [0, 0.1) is 0 Å². The number of nitrogens with zero attached hydrogens (tertiary/aromatic N) is 3. The number of aliphatic hydroxyl groups is 1. The maximum absolute atomic E-state index is 8.91. The van der Waals surface area contributed by atoms with Gasteiger partial charge < -0.3 is 27.0 Å². The van der Waals surface area contributed by atoms with Gasteiger partial charge in [-0.15, -0.1) is 11.3 Å². The normalized spacial score (nSPS) is 12.2. The van der Waals surface area contributed by atoms with E-state index in [4.69, 9.17) is 32.0 Å². The molecule has 8 nitrogen and oxygen atoms in total. The predicted molar refractivity (Wildman–Crippen MR) is 120 cm³/mol. The molecule has 0 aliphatic heterocycles. The zero-order valence-electron chi connectivity index (χ0n) is 16.3. The van der Waals surface area contributed by atoms with Gasteiger partial charge in [0.25, 0.3) is 0 Å². The van der Waals surface area contributed by atoms with Crippen molar-refractivity contribution in [2.24, 2.45) is 22.2 Å². The molecule has 0 saturated carbocycles. The van der Waals surface area contributed by atoms with Gasteiger partial charge in [-0.25, -0.2) is 15.0 Å². The summed E-state index contributed by atoms with van der Waals surface area (Å²) in [7, 11) is 0. The molecular formula is C19H26N6O2S2. The summed E-state index contributed by atoms with van der Waals surface area (Å²) in [6.07, 6.45) is 5.07. The van der Waals surface area contributed by atoms with E-state index in [1.807, 2.05) is 12.1 Å². The highest BCUT2D eigenvalue weighted by Gasteiger charge is 2.14. The van der Waals surface area contributed by atoms with Crippen molar-refractivity contribution in [3.05, 3.63) is 53.1 Å². The van der Waals surface area contributed by atoms with Gasteiger partial charge in [0, 0.05) is 40.2 Å². The summed E-state index contributed by atoms with van der Waals surface area (Å²) in [6, 6.07) is 3.71. The Hall–Kier alpha value is -2.56. The third-order valence-electron chi connectivity index (χ3n) is 3.51. The highest BCUT2D eigenvalue weighted by Crippen LogP contribution is 2.32. The number of thiazole rings is 1. The van der Waals surface area contributed by atoms with Crippen LogP contribution >= 0.6 is 23.1 Å². The smallest absolute Gasteiger partial charge is 0.213 e. The second-order valence-corrected chi connectivity index (χ2v) is 8.06. The minimum absolute atomic E-state index is 0.0623. The fraction of sp³-hybridized carbons (Fsp3) is 0.316. The number of allylic oxidation sites excluding steroid dienone is 1. The van der Waals surface area contributed by atoms with E-state index in [2.05, 4.69) is 23.5 Å². The molecule has 2 aromatic heterocycles. The number of aryl methyl sites for hydroxylation is 1. The Morgan fingerprint density at radius 3 is 2.90 bits per heavy atom. The van der Waals surface area contributed by atoms with Gasteiger partial charge >= 0.3 is 0 Å². The molecule has 2 aromatic rings. The van der Waals surface area contributed by atoms with Crippen molar-refractivity contribution in [2.45, 2.75) is 25.5 Å². The number of rotatable bonds is 10. The first-order chi connectivity index (χ1) is 13.9. The van der Waals surface area contributed by atoms with Crippen molar-refractivity contribution in [3.63, 3.8) is 0 Å². The molecule has 0 amide bonds. The van der Waals surface area contributed by atoms with Gasteiger partial charge in [-0.05, 0) is 12.5 Å². The summed E-state index contributed by atoms with van der Waals surface area (Å²) in [4.78, 5) is 14.2. The van der Waals surface area contributed by atoms with Gasteiger partial charge in [0.15, 0.2) is 5.17 Å². The molecule has 10 heteroatoms. The monoisotopic (exact) mass is 434 g/mol. The van der Waals surface area contributed by atoms with E-state index < -0.39 is 0 Å². The summed E-state index contributed by atoms with van der Waals surface area (Å²) in [6.45, 7) is 5.82. The molecule has 29 heavy (non-hydrogen) atoms. The van der Waals surface area contributed by atoms with E-state index >= 15 is 0 Å². The first kappa shape index (κ1) is 22.7. The molecule has 0 aliphatic rings. The van der Waals surface area contributed by atoms with Crippen LogP contribution in [0.15, 0.2) is 47.5 Å². The van der Waals surface area contributed by atoms with E-state index in [0.29, 0.717) is 22.5 Å². The lowest BCUT2D eigenvalue weighted by Gasteiger charge is -2.03. The molecule has 0 atom stereocenters. The van der Waals surface area contributed by atoms with Gasteiger partial charge in [-0.3, -0.25) is 0 Å². The van der Waals surface area contributed by atoms with Crippen LogP contribution in [0.25, 0.3) is 10.6 Å². The number of nitrogens with two attached hydrogens (primary N) is 3. The molecule has 0 saturated heterocycles. The lowest BCUT2D eigenvalue weighted by atomic mass is 10.2. The molecule has 0 fully saturated rings. The molecule has 0 aliphatic carbocycles. The third kappa shape index (κ3) is 7.41. The number of hydrogen-bond acceptors (Lipinski definition) is 9. The fourth-order valence-corrected chi connectivity index (χ4v) is 4.30. The van der Waals surface area contributed by atoms with Gasteiger partial charge in [-0.1, -0.05) is 31.7 Å². The van der Waals surface area contributed by atoms with Crippen LogP contribution in [0.1, 0.15) is 23.9 Å². The summed E-state index contributed by atoms with van der Waals surface area (Å²) in [5, 5.41) is 10.1. The minimum Gasteiger partial charge on any atom is -0.475 e. The summed E-state index contributed by atoms with van der Waals surface area (Å²) in [5.74, 6) is 1.25. The average molecular weight is 435 g/mol. The first-order valence-electron chi connectivity index (χ1n) is 9.00. The predicted octanol–water partition coefficient (Wildman–Crippen LogP) is 2.35. The largest absolute Gasteiger partial charge is 0.475 e. The van der Waals surface area contributed by atoms with Gasteiger partial charge in [0.05, 0.1) is 12.3 Å². The zero-order chi connectivity index (χ0) is 21.2. The third-order valence-corrected chi connectivity index (χ3v) is 5.52. The van der Waals surface area contributed by atoms with Gasteiger partial charge in [0.2, 0.25) is 5.88 Å². The van der Waals surface area contributed by atoms with Crippen LogP contribution in [0.4, 0.5) is 0 Å². The Balaban J connectivity index is 2.18. The molecule has 0 radical (unpaired) electrons. The van der Waals surface area contributed by atoms with Crippen molar-refractivity contribution in [2.75, 3.05) is 13.2 Å². The van der Waals surface area contributed by atoms with E-state index in [0.717, 1.165) is 29.1 Å². The molecule has 0 unspecified atom stereocenters. The standard InChI is InChI=1S/C19H26N6O2S2/c1-3-4-15-14(11-28-19(22)25-16(21)9-12(2)20)24-18(29-15)13-5-6-23-17(10-13)27-8-7-26/h5-6,9-10,26H,2-4,7-8,11,20-21H2,1H3,(H2,22,25)/b16-9-. The van der Waals surface area contributed by atoms with Crippen LogP contribution < -0.4 is 21.9 Å². The van der Waals surface area contributed by atoms with Crippen LogP contribution in [0.5, 0.6) is 5.88 Å². The Labute approximate surface area is 178 Å². The van der Waals surface area contributed by atoms with Crippen molar-refractivity contribution in [3.8, 4) is 16.5 Å². The molecule has 7 N–H and O–H groups in total. The highest BCUT2D eigenvalue weighted by molar-refractivity contribution is 8.13. The van der Waals surface area contributed by atoms with E-state index in [1.165, 1.54) is 22.7 Å². The number of aliphatic imine (C=N–C) groups is 1. The summed E-state index contributed by atoms with van der Waals surface area (Å²) < 4.78 is 5.39. The van der Waals surface area contributed by atoms with Crippen molar-refractivity contribution >= 4 is 28.3 Å². The van der Waals surface area contributed by atoms with Crippen molar-refractivity contribution in [1.29, 1.82) is 0 Å². The zero-order valence-corrected chi connectivity index (χ0v) is 17.9. The maximum atomic E-state index is 8.91. The second-order valence-electron chi connectivity index (χ2n) is 5.98. The molecule has 0 spiro atoms. The Bertz CT molecular complexity index is 895. The number of thioether (sulfide) groups is 1. The summed E-state index contributed by atoms with van der Waals surface area (Å²) >= 11 is 3.01. The van der Waals surface area contributed by atoms with Crippen LogP contribution in [0.2, 0.25) is 0 Å². The van der Waals surface area contributed by atoms with E-state index in [9.17, 15) is 0 Å². The number of aliphatic hydroxyl groups excluding tert-OH is 1. The number of aromatic nitrogens is 2. The molecule has 2 rings (SSSR count). The minimum atomic E-state index is -0.0623. The quantitative estimate of drug-likeness (QED) is 0.253. The molecule has 0 aromatic carbocycles. The lowest BCUT2D eigenvalue weighted by Crippen LogP contribution is -2.10.